The average molecular weight is 380 g/mol. The van der Waals surface area contributed by atoms with E-state index in [1.807, 2.05) is 24.3 Å². The van der Waals surface area contributed by atoms with Gasteiger partial charge < -0.3 is 15.5 Å². The van der Waals surface area contributed by atoms with E-state index in [1.54, 1.807) is 31.2 Å². The zero-order valence-electron chi connectivity index (χ0n) is 14.4. The first-order chi connectivity index (χ1) is 13.0. The summed E-state index contributed by atoms with van der Waals surface area (Å²) >= 11 is 1.37. The van der Waals surface area contributed by atoms with Crippen molar-refractivity contribution < 1.29 is 14.4 Å². The number of benzene rings is 2. The van der Waals surface area contributed by atoms with Crippen molar-refractivity contribution in [2.45, 2.75) is 13.0 Å². The van der Waals surface area contributed by atoms with E-state index in [0.29, 0.717) is 16.4 Å². The summed E-state index contributed by atoms with van der Waals surface area (Å²) in [5.41, 5.74) is 1.59. The maximum absolute atomic E-state index is 12.7. The van der Waals surface area contributed by atoms with E-state index in [2.05, 4.69) is 15.6 Å². The third-order valence-electron chi connectivity index (χ3n) is 4.27. The van der Waals surface area contributed by atoms with Crippen molar-refractivity contribution >= 4 is 50.1 Å². The summed E-state index contributed by atoms with van der Waals surface area (Å²) in [5, 5.41) is 5.86. The van der Waals surface area contributed by atoms with Crippen LogP contribution in [0.2, 0.25) is 0 Å². The Morgan fingerprint density at radius 1 is 1.19 bits per heavy atom. The maximum Gasteiger partial charge on any atom is 0.254 e. The number of hydrogen-bond donors (Lipinski definition) is 2. The van der Waals surface area contributed by atoms with Crippen LogP contribution in [0, 0.1) is 0 Å². The van der Waals surface area contributed by atoms with Gasteiger partial charge in [-0.15, -0.1) is 0 Å². The highest BCUT2D eigenvalue weighted by atomic mass is 32.1. The highest BCUT2D eigenvalue weighted by Crippen LogP contribution is 2.26. The topological polar surface area (TPSA) is 91.4 Å². The van der Waals surface area contributed by atoms with Crippen molar-refractivity contribution in [3.8, 4) is 0 Å². The number of carbonyl (C=O) groups is 3. The Balaban J connectivity index is 1.59. The van der Waals surface area contributed by atoms with Crippen LogP contribution in [0.5, 0.6) is 0 Å². The molecule has 0 bridgehead atoms. The standard InChI is InChI=1S/C19H16N4O3S/c1-11-18(26)23(14-8-4-2-6-12(14)17(25)20-11)10-16(24)22-19-21-13-7-3-5-9-15(13)27-19/h2-9,11H,10H2,1H3,(H,20,25)(H,21,22,24)/t11-/m1/s1. The number of aromatic nitrogens is 1. The van der Waals surface area contributed by atoms with E-state index in [9.17, 15) is 14.4 Å². The molecule has 0 spiro atoms. The number of carbonyl (C=O) groups excluding carboxylic acids is 3. The summed E-state index contributed by atoms with van der Waals surface area (Å²) in [4.78, 5) is 43.3. The van der Waals surface area contributed by atoms with Crippen molar-refractivity contribution in [3.05, 3.63) is 54.1 Å². The number of amides is 3. The predicted molar refractivity (Wildman–Crippen MR) is 104 cm³/mol. The number of thiazole rings is 1. The fraction of sp³-hybridized carbons (Fsp3) is 0.158. The lowest BCUT2D eigenvalue weighted by Gasteiger charge is -2.23. The van der Waals surface area contributed by atoms with Crippen molar-refractivity contribution in [1.29, 1.82) is 0 Å². The second kappa shape index (κ2) is 6.81. The minimum atomic E-state index is -0.722. The minimum Gasteiger partial charge on any atom is -0.340 e. The number of fused-ring (bicyclic) bond motifs is 2. The van der Waals surface area contributed by atoms with Gasteiger partial charge in [0.1, 0.15) is 12.6 Å². The Kier molecular flexibility index (Phi) is 4.33. The van der Waals surface area contributed by atoms with Gasteiger partial charge in [-0.1, -0.05) is 35.6 Å². The fourth-order valence-corrected chi connectivity index (χ4v) is 3.86. The van der Waals surface area contributed by atoms with Crippen LogP contribution >= 0.6 is 11.3 Å². The highest BCUT2D eigenvalue weighted by Gasteiger charge is 2.32. The Morgan fingerprint density at radius 2 is 1.93 bits per heavy atom. The molecule has 136 valence electrons. The lowest BCUT2D eigenvalue weighted by Crippen LogP contribution is -2.46. The molecule has 0 saturated carbocycles. The Morgan fingerprint density at radius 3 is 2.74 bits per heavy atom. The summed E-state index contributed by atoms with van der Waals surface area (Å²) < 4.78 is 0.965. The van der Waals surface area contributed by atoms with E-state index >= 15 is 0 Å². The molecule has 2 aromatic carbocycles. The number of anilines is 2. The molecular formula is C19H16N4O3S. The molecule has 1 aromatic heterocycles. The quantitative estimate of drug-likeness (QED) is 0.730. The molecular weight excluding hydrogens is 364 g/mol. The van der Waals surface area contributed by atoms with Gasteiger partial charge in [0.15, 0.2) is 5.13 Å². The van der Waals surface area contributed by atoms with Gasteiger partial charge in [0.05, 0.1) is 21.5 Å². The van der Waals surface area contributed by atoms with E-state index < -0.39 is 6.04 Å². The maximum atomic E-state index is 12.7. The first-order valence-electron chi connectivity index (χ1n) is 8.39. The van der Waals surface area contributed by atoms with Gasteiger partial charge in [-0.3, -0.25) is 14.4 Å². The molecule has 3 amide bonds. The number of para-hydroxylation sites is 2. The van der Waals surface area contributed by atoms with E-state index in [0.717, 1.165) is 10.2 Å². The first-order valence-corrected chi connectivity index (χ1v) is 9.21. The molecule has 7 nitrogen and oxygen atoms in total. The van der Waals surface area contributed by atoms with Crippen molar-refractivity contribution in [2.24, 2.45) is 0 Å². The van der Waals surface area contributed by atoms with Crippen LogP contribution in [-0.4, -0.2) is 35.3 Å². The van der Waals surface area contributed by atoms with Gasteiger partial charge >= 0.3 is 0 Å². The third-order valence-corrected chi connectivity index (χ3v) is 5.22. The molecule has 8 heteroatoms. The molecule has 4 rings (SSSR count). The minimum absolute atomic E-state index is 0.203. The number of nitrogens with one attached hydrogen (secondary N) is 2. The highest BCUT2D eigenvalue weighted by molar-refractivity contribution is 7.22. The SMILES string of the molecule is C[C@H]1NC(=O)c2ccccc2N(CC(=O)Nc2nc3ccccc3s2)C1=O. The smallest absolute Gasteiger partial charge is 0.254 e. The van der Waals surface area contributed by atoms with Crippen molar-refractivity contribution in [1.82, 2.24) is 10.3 Å². The van der Waals surface area contributed by atoms with Crippen molar-refractivity contribution in [3.63, 3.8) is 0 Å². The lowest BCUT2D eigenvalue weighted by atomic mass is 10.1. The molecule has 2 heterocycles. The zero-order chi connectivity index (χ0) is 19.0. The average Bonchev–Trinajstić information content (AvgIpc) is 3.04. The summed E-state index contributed by atoms with van der Waals surface area (Å²) in [6.07, 6.45) is 0. The molecule has 0 radical (unpaired) electrons. The van der Waals surface area contributed by atoms with Crippen LogP contribution < -0.4 is 15.5 Å². The molecule has 0 unspecified atom stereocenters. The largest absolute Gasteiger partial charge is 0.340 e. The van der Waals surface area contributed by atoms with E-state index in [-0.39, 0.29) is 24.3 Å². The molecule has 27 heavy (non-hydrogen) atoms. The zero-order valence-corrected chi connectivity index (χ0v) is 15.2. The van der Waals surface area contributed by atoms with Crippen LogP contribution in [0.3, 0.4) is 0 Å². The Labute approximate surface area is 159 Å². The van der Waals surface area contributed by atoms with Gasteiger partial charge in [-0.25, -0.2) is 4.98 Å². The van der Waals surface area contributed by atoms with Crippen LogP contribution in [0.25, 0.3) is 10.2 Å². The summed E-state index contributed by atoms with van der Waals surface area (Å²) in [6.45, 7) is 1.40. The van der Waals surface area contributed by atoms with Crippen LogP contribution in [-0.2, 0) is 9.59 Å². The molecule has 0 fully saturated rings. The van der Waals surface area contributed by atoms with Crippen LogP contribution in [0.1, 0.15) is 17.3 Å². The Bertz CT molecular complexity index is 1030. The lowest BCUT2D eigenvalue weighted by molar-refractivity contribution is -0.122. The van der Waals surface area contributed by atoms with Gasteiger partial charge in [-0.05, 0) is 31.2 Å². The molecule has 0 saturated heterocycles. The normalized spacial score (nSPS) is 16.6. The molecule has 3 aromatic rings. The second-order valence-corrected chi connectivity index (χ2v) is 7.20. The second-order valence-electron chi connectivity index (χ2n) is 6.17. The van der Waals surface area contributed by atoms with Crippen LogP contribution in [0.15, 0.2) is 48.5 Å². The summed E-state index contributed by atoms with van der Waals surface area (Å²) in [6, 6.07) is 13.6. The van der Waals surface area contributed by atoms with Gasteiger partial charge in [0.25, 0.3) is 5.91 Å². The van der Waals surface area contributed by atoms with Gasteiger partial charge in [0.2, 0.25) is 11.8 Å². The number of nitrogens with zero attached hydrogens (tertiary/aromatic N) is 2. The van der Waals surface area contributed by atoms with Crippen LogP contribution in [0.4, 0.5) is 10.8 Å². The predicted octanol–water partition coefficient (Wildman–Crippen LogP) is 2.40. The molecule has 1 aliphatic heterocycles. The monoisotopic (exact) mass is 380 g/mol. The number of rotatable bonds is 3. The van der Waals surface area contributed by atoms with Gasteiger partial charge in [0, 0.05) is 0 Å². The molecule has 0 aliphatic carbocycles. The Hall–Kier alpha value is -3.26. The third kappa shape index (κ3) is 3.26. The van der Waals surface area contributed by atoms with E-state index in [1.165, 1.54) is 16.2 Å². The molecule has 1 atom stereocenters. The molecule has 1 aliphatic rings. The first kappa shape index (κ1) is 17.2. The van der Waals surface area contributed by atoms with Crippen molar-refractivity contribution in [2.75, 3.05) is 16.8 Å². The van der Waals surface area contributed by atoms with E-state index in [4.69, 9.17) is 0 Å². The van der Waals surface area contributed by atoms with Gasteiger partial charge in [-0.2, -0.15) is 0 Å². The fourth-order valence-electron chi connectivity index (χ4n) is 2.98. The summed E-state index contributed by atoms with van der Waals surface area (Å²) in [7, 11) is 0. The molecule has 2 N–H and O–H groups in total. The summed E-state index contributed by atoms with van der Waals surface area (Å²) in [5.74, 6) is -1.05. The number of hydrogen-bond acceptors (Lipinski definition) is 5.